The van der Waals surface area contributed by atoms with Gasteiger partial charge in [-0.15, -0.1) is 0 Å². The molecule has 0 unspecified atom stereocenters. The first-order valence-corrected chi connectivity index (χ1v) is 5.00. The van der Waals surface area contributed by atoms with Crippen molar-refractivity contribution in [2.24, 2.45) is 0 Å². The van der Waals surface area contributed by atoms with Gasteiger partial charge >= 0.3 is 0 Å². The molecule has 4 nitrogen and oxygen atoms in total. The Morgan fingerprint density at radius 3 is 2.94 bits per heavy atom. The van der Waals surface area contributed by atoms with Crippen LogP contribution in [0.1, 0.15) is 12.2 Å². The number of allylic oxidation sites excluding steroid dienone is 6. The molecular formula is C12H9N3O. The predicted octanol–water partition coefficient (Wildman–Crippen LogP) is 2.01. The second kappa shape index (κ2) is 3.73. The van der Waals surface area contributed by atoms with Gasteiger partial charge in [0.05, 0.1) is 5.57 Å². The van der Waals surface area contributed by atoms with Crippen molar-refractivity contribution < 1.29 is 4.74 Å². The van der Waals surface area contributed by atoms with Gasteiger partial charge in [0.1, 0.15) is 24.7 Å². The molecule has 1 aliphatic carbocycles. The molecule has 4 heteroatoms. The first kappa shape index (κ1) is 9.03. The van der Waals surface area contributed by atoms with Crippen molar-refractivity contribution in [3.05, 3.63) is 60.4 Å². The lowest BCUT2D eigenvalue weighted by molar-refractivity contribution is 0.356. The lowest BCUT2D eigenvalue weighted by atomic mass is 10.0. The monoisotopic (exact) mass is 211 g/mol. The van der Waals surface area contributed by atoms with E-state index in [1.165, 1.54) is 12.7 Å². The van der Waals surface area contributed by atoms with Crippen LogP contribution in [0.2, 0.25) is 0 Å². The van der Waals surface area contributed by atoms with Gasteiger partial charge in [0.15, 0.2) is 5.82 Å². The molecule has 3 rings (SSSR count). The highest BCUT2D eigenvalue weighted by molar-refractivity contribution is 5.72. The smallest absolute Gasteiger partial charge is 0.165 e. The van der Waals surface area contributed by atoms with E-state index in [9.17, 15) is 0 Å². The van der Waals surface area contributed by atoms with Crippen molar-refractivity contribution in [3.8, 4) is 0 Å². The van der Waals surface area contributed by atoms with Crippen LogP contribution in [-0.2, 0) is 4.74 Å². The highest BCUT2D eigenvalue weighted by atomic mass is 16.5. The first-order valence-electron chi connectivity index (χ1n) is 5.00. The van der Waals surface area contributed by atoms with Crippen LogP contribution in [0.3, 0.4) is 0 Å². The quantitative estimate of drug-likeness (QED) is 0.713. The van der Waals surface area contributed by atoms with E-state index in [1.807, 2.05) is 18.2 Å². The summed E-state index contributed by atoms with van der Waals surface area (Å²) in [7, 11) is 0. The van der Waals surface area contributed by atoms with Crippen molar-refractivity contribution in [1.82, 2.24) is 15.0 Å². The predicted molar refractivity (Wildman–Crippen MR) is 58.8 cm³/mol. The zero-order valence-electron chi connectivity index (χ0n) is 8.50. The number of fused-ring (bicyclic) bond motifs is 1. The molecule has 0 bridgehead atoms. The number of nitrogens with zero attached hydrogens (tertiary/aromatic N) is 3. The summed E-state index contributed by atoms with van der Waals surface area (Å²) < 4.78 is 5.53. The third-order valence-corrected chi connectivity index (χ3v) is 2.43. The molecule has 0 atom stereocenters. The van der Waals surface area contributed by atoms with E-state index in [2.05, 4.69) is 21.0 Å². The van der Waals surface area contributed by atoms with Crippen LogP contribution in [0, 0.1) is 0 Å². The van der Waals surface area contributed by atoms with E-state index in [4.69, 9.17) is 4.74 Å². The Hall–Kier alpha value is -2.23. The fourth-order valence-corrected chi connectivity index (χ4v) is 1.66. The van der Waals surface area contributed by atoms with Gasteiger partial charge in [-0.3, -0.25) is 0 Å². The van der Waals surface area contributed by atoms with Crippen molar-refractivity contribution in [3.63, 3.8) is 0 Å². The molecular weight excluding hydrogens is 202 g/mol. The van der Waals surface area contributed by atoms with Crippen molar-refractivity contribution in [2.75, 3.05) is 0 Å². The molecule has 1 aromatic heterocycles. The van der Waals surface area contributed by atoms with Gasteiger partial charge in [-0.2, -0.15) is 0 Å². The largest absolute Gasteiger partial charge is 0.464 e. The van der Waals surface area contributed by atoms with Gasteiger partial charge in [0, 0.05) is 0 Å². The summed E-state index contributed by atoms with van der Waals surface area (Å²) in [5, 5.41) is 0. The number of hydrogen-bond donors (Lipinski definition) is 0. The van der Waals surface area contributed by atoms with Crippen molar-refractivity contribution in [1.29, 1.82) is 0 Å². The van der Waals surface area contributed by atoms with Gasteiger partial charge in [-0.05, 0) is 24.1 Å². The third-order valence-electron chi connectivity index (χ3n) is 2.43. The summed E-state index contributed by atoms with van der Waals surface area (Å²) in [5.74, 6) is 1.54. The molecule has 0 fully saturated rings. The van der Waals surface area contributed by atoms with Crippen LogP contribution in [0.5, 0.6) is 0 Å². The van der Waals surface area contributed by atoms with Crippen LogP contribution < -0.4 is 0 Å². The Balaban J connectivity index is 1.96. The average molecular weight is 211 g/mol. The van der Waals surface area contributed by atoms with Gasteiger partial charge in [0.25, 0.3) is 0 Å². The zero-order valence-corrected chi connectivity index (χ0v) is 8.50. The number of aromatic nitrogens is 3. The third kappa shape index (κ3) is 1.54. The lowest BCUT2D eigenvalue weighted by Gasteiger charge is -2.17. The molecule has 78 valence electrons. The van der Waals surface area contributed by atoms with Crippen LogP contribution in [-0.4, -0.2) is 15.0 Å². The minimum Gasteiger partial charge on any atom is -0.464 e. The molecule has 0 radical (unpaired) electrons. The van der Waals surface area contributed by atoms with Crippen LogP contribution in [0.15, 0.2) is 54.6 Å². The Morgan fingerprint density at radius 2 is 2.06 bits per heavy atom. The second-order valence-corrected chi connectivity index (χ2v) is 3.49. The standard InChI is InChI=1S/C12H9N3O/c1-2-4-11-9(3-1)5-10(6-16-11)12-14-7-13-8-15-12/h1-2,4-8H,3H2. The van der Waals surface area contributed by atoms with E-state index >= 15 is 0 Å². The average Bonchev–Trinajstić information content (AvgIpc) is 2.39. The van der Waals surface area contributed by atoms with E-state index in [0.717, 1.165) is 23.3 Å². The molecule has 1 aliphatic heterocycles. The summed E-state index contributed by atoms with van der Waals surface area (Å²) in [6, 6.07) is 0. The fourth-order valence-electron chi connectivity index (χ4n) is 1.66. The number of rotatable bonds is 1. The lowest BCUT2D eigenvalue weighted by Crippen LogP contribution is -2.03. The SMILES string of the molecule is C1=CCC2=CC(c3ncncn3)=COC2=C1. The fraction of sp³-hybridized carbons (Fsp3) is 0.0833. The molecule has 2 aliphatic rings. The van der Waals surface area contributed by atoms with E-state index < -0.39 is 0 Å². The van der Waals surface area contributed by atoms with Gasteiger partial charge in [-0.25, -0.2) is 15.0 Å². The normalized spacial score (nSPS) is 17.9. The Morgan fingerprint density at radius 1 is 1.19 bits per heavy atom. The molecule has 16 heavy (non-hydrogen) atoms. The first-order chi connectivity index (χ1) is 7.93. The Labute approximate surface area is 92.7 Å². The molecule has 0 N–H and O–H groups in total. The molecule has 0 aromatic carbocycles. The zero-order chi connectivity index (χ0) is 10.8. The van der Waals surface area contributed by atoms with E-state index in [0.29, 0.717) is 5.82 Å². The highest BCUT2D eigenvalue weighted by Crippen LogP contribution is 2.29. The molecule has 2 heterocycles. The molecule has 1 aromatic rings. The van der Waals surface area contributed by atoms with Gasteiger partial charge in [0.2, 0.25) is 0 Å². The maximum absolute atomic E-state index is 5.53. The van der Waals surface area contributed by atoms with E-state index in [1.54, 1.807) is 6.26 Å². The Bertz CT molecular complexity index is 526. The minimum atomic E-state index is 0.635. The number of ether oxygens (including phenoxy) is 1. The van der Waals surface area contributed by atoms with Gasteiger partial charge < -0.3 is 4.74 Å². The summed E-state index contributed by atoms with van der Waals surface area (Å²) in [6.07, 6.45) is 13.6. The highest BCUT2D eigenvalue weighted by Gasteiger charge is 2.15. The van der Waals surface area contributed by atoms with E-state index in [-0.39, 0.29) is 0 Å². The summed E-state index contributed by atoms with van der Waals surface area (Å²) in [4.78, 5) is 12.0. The van der Waals surface area contributed by atoms with Crippen molar-refractivity contribution >= 4 is 5.57 Å². The minimum absolute atomic E-state index is 0.635. The molecule has 0 saturated carbocycles. The number of hydrogen-bond acceptors (Lipinski definition) is 4. The summed E-state index contributed by atoms with van der Waals surface area (Å²) in [5.41, 5.74) is 2.03. The Kier molecular flexibility index (Phi) is 2.11. The van der Waals surface area contributed by atoms with Crippen LogP contribution in [0.4, 0.5) is 0 Å². The molecule has 0 saturated heterocycles. The maximum atomic E-state index is 5.53. The van der Waals surface area contributed by atoms with Crippen LogP contribution >= 0.6 is 0 Å². The summed E-state index contributed by atoms with van der Waals surface area (Å²) in [6.45, 7) is 0. The molecule has 0 amide bonds. The summed E-state index contributed by atoms with van der Waals surface area (Å²) >= 11 is 0. The second-order valence-electron chi connectivity index (χ2n) is 3.49. The molecule has 0 spiro atoms. The maximum Gasteiger partial charge on any atom is 0.165 e. The van der Waals surface area contributed by atoms with Crippen LogP contribution in [0.25, 0.3) is 5.57 Å². The van der Waals surface area contributed by atoms with Crippen molar-refractivity contribution in [2.45, 2.75) is 6.42 Å². The topological polar surface area (TPSA) is 47.9 Å². The van der Waals surface area contributed by atoms with Gasteiger partial charge in [-0.1, -0.05) is 12.2 Å².